The molecule has 0 radical (unpaired) electrons. The Morgan fingerprint density at radius 2 is 0.944 bits per heavy atom. The van der Waals surface area contributed by atoms with Gasteiger partial charge in [-0.25, -0.2) is 16.8 Å². The first-order valence-corrected chi connectivity index (χ1v) is 24.3. The van der Waals surface area contributed by atoms with Gasteiger partial charge >= 0.3 is 30.8 Å². The number of carbonyl (C=O) groups excluding carboxylic acids is 3. The molecular formula is C51H53LiN6O11S2. The zero-order chi connectivity index (χ0) is 50.5. The van der Waals surface area contributed by atoms with E-state index in [1.54, 1.807) is 43.3 Å². The Bertz CT molecular complexity index is 3180. The fourth-order valence-corrected chi connectivity index (χ4v) is 9.60. The molecule has 0 aliphatic carbocycles. The third kappa shape index (κ3) is 15.2. The molecule has 2 atom stereocenters. The van der Waals surface area contributed by atoms with Crippen molar-refractivity contribution in [1.29, 1.82) is 0 Å². The molecule has 0 saturated heterocycles. The number of terminal acetylenes is 2. The fraction of sp³-hybridized carbons (Fsp3) is 0.216. The predicted octanol–water partition coefficient (Wildman–Crippen LogP) is 4.72. The largest absolute Gasteiger partial charge is 1.00 e. The number of aliphatic carboxylic acids is 1. The summed E-state index contributed by atoms with van der Waals surface area (Å²) in [5.41, 5.74) is 3.25. The minimum absolute atomic E-state index is 0. The van der Waals surface area contributed by atoms with E-state index in [4.69, 9.17) is 17.6 Å². The van der Waals surface area contributed by atoms with Crippen LogP contribution in [0.3, 0.4) is 0 Å². The number of sulfonamides is 2. The van der Waals surface area contributed by atoms with Crippen molar-refractivity contribution in [3.05, 3.63) is 121 Å². The second-order valence-electron chi connectivity index (χ2n) is 15.7. The molecule has 0 heterocycles. The third-order valence-electron chi connectivity index (χ3n) is 10.6. The van der Waals surface area contributed by atoms with Gasteiger partial charge in [-0.05, 0) is 86.6 Å². The van der Waals surface area contributed by atoms with E-state index in [0.717, 1.165) is 16.5 Å². The van der Waals surface area contributed by atoms with Gasteiger partial charge in [-0.15, -0.1) is 12.8 Å². The van der Waals surface area contributed by atoms with Crippen molar-refractivity contribution in [1.82, 2.24) is 0 Å². The predicted molar refractivity (Wildman–Crippen MR) is 273 cm³/mol. The molecule has 20 heteroatoms. The quantitative estimate of drug-likeness (QED) is 0.0445. The van der Waals surface area contributed by atoms with Crippen molar-refractivity contribution in [3.63, 3.8) is 0 Å². The first-order valence-electron chi connectivity index (χ1n) is 21.3. The average Bonchev–Trinajstić information content (AvgIpc) is 3.30. The first-order chi connectivity index (χ1) is 32.8. The normalized spacial score (nSPS) is 11.5. The summed E-state index contributed by atoms with van der Waals surface area (Å²) in [5, 5.41) is 17.3. The van der Waals surface area contributed by atoms with Crippen LogP contribution in [0.15, 0.2) is 131 Å². The summed E-state index contributed by atoms with van der Waals surface area (Å²) in [4.78, 5) is 49.3. The molecule has 0 fully saturated rings. The maximum atomic E-state index is 13.1. The molecule has 0 aliphatic heterocycles. The summed E-state index contributed by atoms with van der Waals surface area (Å²) >= 11 is 0. The molecule has 0 unspecified atom stereocenters. The van der Waals surface area contributed by atoms with E-state index in [0.29, 0.717) is 39.2 Å². The van der Waals surface area contributed by atoms with Crippen LogP contribution >= 0.6 is 0 Å². The van der Waals surface area contributed by atoms with E-state index >= 15 is 0 Å². The number of benzene rings is 6. The number of methoxy groups -OCH3 is 1. The van der Waals surface area contributed by atoms with Crippen LogP contribution in [-0.4, -0.2) is 83.5 Å². The van der Waals surface area contributed by atoms with Crippen LogP contribution < -0.4 is 48.7 Å². The molecule has 71 heavy (non-hydrogen) atoms. The number of carboxylic acids is 1. The van der Waals surface area contributed by atoms with E-state index in [2.05, 4.69) is 31.9 Å². The minimum Gasteiger partial charge on any atom is -0.870 e. The van der Waals surface area contributed by atoms with Gasteiger partial charge < -0.3 is 35.8 Å². The molecule has 366 valence electrons. The second kappa shape index (κ2) is 25.9. The molecular weight excluding hydrogens is 944 g/mol. The fourth-order valence-electron chi connectivity index (χ4n) is 7.45. The van der Waals surface area contributed by atoms with Crippen molar-refractivity contribution in [2.75, 3.05) is 50.1 Å². The number of nitrogens with one attached hydrogen (secondary N) is 4. The number of amides is 2. The van der Waals surface area contributed by atoms with Crippen LogP contribution in [0.25, 0.3) is 21.5 Å². The number of nitrogens with zero attached hydrogens (tertiary/aromatic N) is 2. The van der Waals surface area contributed by atoms with E-state index < -0.39 is 26.0 Å². The van der Waals surface area contributed by atoms with E-state index in [1.807, 2.05) is 53.1 Å². The molecule has 0 saturated carbocycles. The van der Waals surface area contributed by atoms with Crippen LogP contribution in [-0.2, 0) is 44.0 Å². The molecule has 6 aromatic rings. The summed E-state index contributed by atoms with van der Waals surface area (Å²) in [6.45, 7) is 6.86. The van der Waals surface area contributed by atoms with Gasteiger partial charge in [0, 0.05) is 70.2 Å². The van der Waals surface area contributed by atoms with Gasteiger partial charge in [0.25, 0.3) is 20.0 Å². The molecule has 6 rings (SSSR count). The van der Waals surface area contributed by atoms with Crippen LogP contribution in [0.4, 0.5) is 34.1 Å². The molecule has 17 nitrogen and oxygen atoms in total. The van der Waals surface area contributed by atoms with Gasteiger partial charge in [0.05, 0.1) is 54.2 Å². The Labute approximate surface area is 425 Å². The molecule has 6 N–H and O–H groups in total. The summed E-state index contributed by atoms with van der Waals surface area (Å²) in [5.74, 6) is 3.42. The van der Waals surface area contributed by atoms with Crippen molar-refractivity contribution in [3.8, 4) is 24.7 Å². The SMILES string of the molecule is C#CCN(c1ccc(NS(=O)(=O)c2ccc(NC(C)=O)cc2)c2ccccc12)[C@@H](C)CC(=O)O.C#CCN(c1ccc(NS(=O)(=O)c2ccc(NC(C)=O)cc2)c2ccccc12)[C@@H](C)CC(=O)OC.[Li+].[OH-]. The summed E-state index contributed by atoms with van der Waals surface area (Å²) < 4.78 is 62.3. The van der Waals surface area contributed by atoms with Gasteiger partial charge in [-0.1, -0.05) is 60.4 Å². The molecule has 0 aromatic heterocycles. The average molecular weight is 997 g/mol. The van der Waals surface area contributed by atoms with Gasteiger partial charge in [0.15, 0.2) is 0 Å². The number of carbonyl (C=O) groups is 4. The molecule has 0 bridgehead atoms. The number of carboxylic acid groups (broad SMARTS) is 1. The first kappa shape index (κ1) is 57.8. The summed E-state index contributed by atoms with van der Waals surface area (Å²) in [7, 11) is -6.47. The third-order valence-corrected chi connectivity index (χ3v) is 13.4. The second-order valence-corrected chi connectivity index (χ2v) is 19.1. The number of esters is 1. The summed E-state index contributed by atoms with van der Waals surface area (Å²) in [6.07, 6.45) is 11.2. The number of anilines is 6. The van der Waals surface area contributed by atoms with Crippen LogP contribution in [0.2, 0.25) is 0 Å². The van der Waals surface area contributed by atoms with E-state index in [1.165, 1.54) is 69.5 Å². The van der Waals surface area contributed by atoms with Gasteiger partial charge in [-0.3, -0.25) is 28.6 Å². The van der Waals surface area contributed by atoms with Crippen molar-refractivity contribution < 1.29 is 70.2 Å². The van der Waals surface area contributed by atoms with Crippen molar-refractivity contribution in [2.24, 2.45) is 0 Å². The molecule has 2 amide bonds. The van der Waals surface area contributed by atoms with Gasteiger partial charge in [0.2, 0.25) is 11.8 Å². The number of fused-ring (bicyclic) bond motifs is 2. The standard InChI is InChI=1S/C26H27N3O5S.C25H25N3O5S.Li.H2O/c1-5-16-29(18(2)17-26(31)34-4)25-15-14-24(22-8-6-7-9-23(22)25)28-35(32,33)21-12-10-20(11-13-21)27-19(3)30;1-4-15-28(17(2)16-25(30)31)24-14-13-23(21-7-5-6-8-22(21)24)27-34(32,33)20-11-9-19(10-12-20)26-18(3)29;;/h1,6-15,18,28H,16-17H2,2-4H3,(H,27,30);1,5-14,17,27H,15-16H2,2-3H3,(H,26,29)(H,30,31);;1H2/q;;+1;/p-1/t18-;17-;;/m00../s1. The van der Waals surface area contributed by atoms with Crippen molar-refractivity contribution in [2.45, 2.75) is 62.4 Å². The van der Waals surface area contributed by atoms with Crippen LogP contribution in [0.5, 0.6) is 0 Å². The number of rotatable bonds is 18. The molecule has 0 spiro atoms. The number of hydrogen-bond acceptors (Lipinski definition) is 12. The molecule has 6 aromatic carbocycles. The topological polar surface area (TPSA) is 251 Å². The zero-order valence-corrected chi connectivity index (χ0v) is 41.6. The Morgan fingerprint density at radius 1 is 0.592 bits per heavy atom. The van der Waals surface area contributed by atoms with Crippen molar-refractivity contribution >= 4 is 99.5 Å². The van der Waals surface area contributed by atoms with Gasteiger partial charge in [0.1, 0.15) is 0 Å². The minimum atomic E-state index is -3.91. The Kier molecular flexibility index (Phi) is 21.1. The number of hydrogen-bond donors (Lipinski definition) is 5. The van der Waals surface area contributed by atoms with Crippen LogP contribution in [0.1, 0.15) is 40.5 Å². The van der Waals surface area contributed by atoms with E-state index in [-0.39, 0.29) is 89.9 Å². The Morgan fingerprint density at radius 3 is 1.27 bits per heavy atom. The maximum Gasteiger partial charge on any atom is 1.00 e. The maximum absolute atomic E-state index is 13.1. The number of ether oxygens (including phenoxy) is 1. The van der Waals surface area contributed by atoms with Crippen LogP contribution in [0, 0.1) is 24.7 Å². The Hall–Kier alpha value is -7.50. The monoisotopic (exact) mass is 996 g/mol. The zero-order valence-electron chi connectivity index (χ0n) is 40.0. The van der Waals surface area contributed by atoms with E-state index in [9.17, 15) is 41.1 Å². The molecule has 0 aliphatic rings. The Balaban J connectivity index is 0.000000365. The van der Waals surface area contributed by atoms with Gasteiger partial charge in [-0.2, -0.15) is 0 Å². The smallest absolute Gasteiger partial charge is 0.870 e. The summed E-state index contributed by atoms with van der Waals surface area (Å²) in [6, 6.07) is 32.5.